The van der Waals surface area contributed by atoms with Gasteiger partial charge in [-0.25, -0.2) is 4.79 Å². The lowest BCUT2D eigenvalue weighted by Crippen LogP contribution is -2.43. The molecule has 14 heavy (non-hydrogen) atoms. The van der Waals surface area contributed by atoms with Crippen molar-refractivity contribution in [3.8, 4) is 0 Å². The number of carbonyl (C=O) groups is 1. The molecule has 1 unspecified atom stereocenters. The molecule has 5 heteroatoms. The van der Waals surface area contributed by atoms with Gasteiger partial charge in [0.25, 0.3) is 0 Å². The normalized spacial score (nSPS) is 14.5. The molecule has 82 valence electrons. The van der Waals surface area contributed by atoms with Crippen LogP contribution in [0.2, 0.25) is 6.55 Å². The molecule has 0 radical (unpaired) electrons. The van der Waals surface area contributed by atoms with Crippen LogP contribution < -0.4 is 0 Å². The predicted molar refractivity (Wildman–Crippen MR) is 55.8 cm³/mol. The van der Waals surface area contributed by atoms with Crippen LogP contribution in [0.3, 0.4) is 0 Å². The molecule has 0 amide bonds. The van der Waals surface area contributed by atoms with Gasteiger partial charge >= 0.3 is 14.8 Å². The molecular weight excluding hydrogens is 200 g/mol. The second kappa shape index (κ2) is 6.75. The van der Waals surface area contributed by atoms with E-state index in [1.807, 2.05) is 0 Å². The molecule has 0 saturated heterocycles. The molecule has 1 atom stereocenters. The molecule has 0 rings (SSSR count). The Kier molecular flexibility index (Phi) is 6.43. The van der Waals surface area contributed by atoms with Crippen LogP contribution in [0.5, 0.6) is 0 Å². The van der Waals surface area contributed by atoms with E-state index in [2.05, 4.69) is 13.5 Å². The summed E-state index contributed by atoms with van der Waals surface area (Å²) in [4.78, 5) is 11.0. The third-order valence-electron chi connectivity index (χ3n) is 1.69. The average molecular weight is 218 g/mol. The first-order valence-corrected chi connectivity index (χ1v) is 6.85. The SMILES string of the molecule is C=CC(=O)O[Si](C)(OC)OCCCC. The van der Waals surface area contributed by atoms with E-state index in [0.29, 0.717) is 6.61 Å². The Morgan fingerprint density at radius 3 is 2.64 bits per heavy atom. The lowest BCUT2D eigenvalue weighted by atomic mass is 10.4. The van der Waals surface area contributed by atoms with Crippen molar-refractivity contribution >= 4 is 14.8 Å². The third kappa shape index (κ3) is 5.16. The van der Waals surface area contributed by atoms with Gasteiger partial charge in [0.1, 0.15) is 0 Å². The fourth-order valence-electron chi connectivity index (χ4n) is 0.756. The largest absolute Gasteiger partial charge is 0.564 e. The van der Waals surface area contributed by atoms with Gasteiger partial charge in [-0.05, 0) is 6.42 Å². The maximum atomic E-state index is 11.0. The number of carbonyl (C=O) groups excluding carboxylic acids is 1. The summed E-state index contributed by atoms with van der Waals surface area (Å²) in [6, 6.07) is 0. The van der Waals surface area contributed by atoms with Crippen molar-refractivity contribution in [2.24, 2.45) is 0 Å². The highest BCUT2D eigenvalue weighted by atomic mass is 28.4. The van der Waals surface area contributed by atoms with Crippen LogP contribution in [0, 0.1) is 0 Å². The van der Waals surface area contributed by atoms with Gasteiger partial charge in [-0.2, -0.15) is 0 Å². The highest BCUT2D eigenvalue weighted by molar-refractivity contribution is 6.61. The average Bonchev–Trinajstić information content (AvgIpc) is 2.18. The minimum atomic E-state index is -2.77. The summed E-state index contributed by atoms with van der Waals surface area (Å²) in [5, 5.41) is 0. The Morgan fingerprint density at radius 2 is 2.21 bits per heavy atom. The number of rotatable bonds is 7. The van der Waals surface area contributed by atoms with Gasteiger partial charge in [-0.15, -0.1) is 0 Å². The maximum Gasteiger partial charge on any atom is 0.564 e. The van der Waals surface area contributed by atoms with Crippen LogP contribution in [0.1, 0.15) is 19.8 Å². The molecule has 0 aromatic carbocycles. The van der Waals surface area contributed by atoms with Crippen molar-refractivity contribution in [2.75, 3.05) is 13.7 Å². The lowest BCUT2D eigenvalue weighted by Gasteiger charge is -2.22. The van der Waals surface area contributed by atoms with Gasteiger partial charge in [0, 0.05) is 26.3 Å². The van der Waals surface area contributed by atoms with Crippen LogP contribution in [0.25, 0.3) is 0 Å². The molecule has 0 N–H and O–H groups in total. The van der Waals surface area contributed by atoms with Crippen molar-refractivity contribution in [3.63, 3.8) is 0 Å². The fraction of sp³-hybridized carbons (Fsp3) is 0.667. The van der Waals surface area contributed by atoms with E-state index < -0.39 is 14.8 Å². The van der Waals surface area contributed by atoms with Crippen LogP contribution in [0.4, 0.5) is 0 Å². The Bertz CT molecular complexity index is 195. The molecule has 0 aromatic heterocycles. The van der Waals surface area contributed by atoms with E-state index in [-0.39, 0.29) is 0 Å². The molecule has 0 aliphatic heterocycles. The van der Waals surface area contributed by atoms with E-state index in [0.717, 1.165) is 18.9 Å². The smallest absolute Gasteiger partial charge is 0.470 e. The van der Waals surface area contributed by atoms with E-state index in [9.17, 15) is 4.79 Å². The molecule has 0 aliphatic carbocycles. The lowest BCUT2D eigenvalue weighted by molar-refractivity contribution is -0.133. The van der Waals surface area contributed by atoms with Gasteiger partial charge in [0.05, 0.1) is 0 Å². The van der Waals surface area contributed by atoms with Crippen LogP contribution >= 0.6 is 0 Å². The highest BCUT2D eigenvalue weighted by Crippen LogP contribution is 2.09. The van der Waals surface area contributed by atoms with E-state index in [1.54, 1.807) is 6.55 Å². The van der Waals surface area contributed by atoms with Crippen molar-refractivity contribution in [1.29, 1.82) is 0 Å². The van der Waals surface area contributed by atoms with Gasteiger partial charge in [-0.3, -0.25) is 0 Å². The summed E-state index contributed by atoms with van der Waals surface area (Å²) in [6.45, 7) is 7.61. The molecule has 0 aliphatic rings. The molecule has 0 heterocycles. The van der Waals surface area contributed by atoms with Crippen LogP contribution in [-0.2, 0) is 18.1 Å². The van der Waals surface area contributed by atoms with Gasteiger partial charge < -0.3 is 13.3 Å². The zero-order chi connectivity index (χ0) is 11.0. The van der Waals surface area contributed by atoms with Crippen molar-refractivity contribution in [1.82, 2.24) is 0 Å². The minimum absolute atomic E-state index is 0.502. The summed E-state index contributed by atoms with van der Waals surface area (Å²) >= 11 is 0. The first-order chi connectivity index (χ1) is 6.58. The molecule has 0 spiro atoms. The Labute approximate surface area is 86.2 Å². The molecule has 4 nitrogen and oxygen atoms in total. The molecular formula is C9H18O4Si. The zero-order valence-electron chi connectivity index (χ0n) is 9.04. The maximum absolute atomic E-state index is 11.0. The standard InChI is InChI=1S/C9H18O4Si/c1-5-7-8-12-14(4,11-3)13-9(10)6-2/h6H,2,5,7-8H2,1,3-4H3. The molecule has 0 aromatic rings. The van der Waals surface area contributed by atoms with Crippen molar-refractivity contribution < 1.29 is 18.1 Å². The monoisotopic (exact) mass is 218 g/mol. The number of hydrogen-bond acceptors (Lipinski definition) is 4. The van der Waals surface area contributed by atoms with Gasteiger partial charge in [-0.1, -0.05) is 19.9 Å². The second-order valence-electron chi connectivity index (χ2n) is 2.89. The Hall–Kier alpha value is -0.653. The molecule has 0 saturated carbocycles. The van der Waals surface area contributed by atoms with E-state index in [1.165, 1.54) is 7.11 Å². The second-order valence-corrected chi connectivity index (χ2v) is 5.52. The fourth-order valence-corrected chi connectivity index (χ4v) is 1.98. The molecule has 0 bridgehead atoms. The van der Waals surface area contributed by atoms with Crippen molar-refractivity contribution in [2.45, 2.75) is 26.3 Å². The topological polar surface area (TPSA) is 44.8 Å². The first kappa shape index (κ1) is 13.3. The van der Waals surface area contributed by atoms with Crippen LogP contribution in [-0.4, -0.2) is 28.5 Å². The summed E-state index contributed by atoms with van der Waals surface area (Å²) in [7, 11) is -1.28. The number of unbranched alkanes of at least 4 members (excludes halogenated alkanes) is 1. The van der Waals surface area contributed by atoms with Gasteiger partial charge in [0.2, 0.25) is 0 Å². The van der Waals surface area contributed by atoms with Gasteiger partial charge in [0.15, 0.2) is 0 Å². The van der Waals surface area contributed by atoms with E-state index in [4.69, 9.17) is 13.3 Å². The Balaban J connectivity index is 4.03. The third-order valence-corrected chi connectivity index (χ3v) is 3.73. The van der Waals surface area contributed by atoms with Crippen LogP contribution in [0.15, 0.2) is 12.7 Å². The highest BCUT2D eigenvalue weighted by Gasteiger charge is 2.37. The summed E-state index contributed by atoms with van der Waals surface area (Å²) in [5.41, 5.74) is 0. The van der Waals surface area contributed by atoms with Crippen molar-refractivity contribution in [3.05, 3.63) is 12.7 Å². The first-order valence-electron chi connectivity index (χ1n) is 4.62. The Morgan fingerprint density at radius 1 is 1.57 bits per heavy atom. The number of hydrogen-bond donors (Lipinski definition) is 0. The zero-order valence-corrected chi connectivity index (χ0v) is 10.0. The summed E-state index contributed by atoms with van der Waals surface area (Å²) < 4.78 is 15.5. The molecule has 0 fully saturated rings. The minimum Gasteiger partial charge on any atom is -0.470 e. The summed E-state index contributed by atoms with van der Waals surface area (Å²) in [6.07, 6.45) is 3.06. The summed E-state index contributed by atoms with van der Waals surface area (Å²) in [5.74, 6) is -0.502. The van der Waals surface area contributed by atoms with E-state index >= 15 is 0 Å². The predicted octanol–water partition coefficient (Wildman–Crippen LogP) is 1.75. The quantitative estimate of drug-likeness (QED) is 0.371.